The molecule has 7 heteroatoms. The van der Waals surface area contributed by atoms with Crippen LogP contribution in [0.3, 0.4) is 0 Å². The molecule has 0 radical (unpaired) electrons. The van der Waals surface area contributed by atoms with Crippen LogP contribution in [0.4, 0.5) is 0 Å². The summed E-state index contributed by atoms with van der Waals surface area (Å²) in [5.74, 6) is 0.00574. The smallest absolute Gasteiger partial charge is 0.248 e. The molecule has 0 aliphatic carbocycles. The van der Waals surface area contributed by atoms with Gasteiger partial charge >= 0.3 is 0 Å². The van der Waals surface area contributed by atoms with Gasteiger partial charge in [0.15, 0.2) is 9.84 Å². The largest absolute Gasteiger partial charge is 0.508 e. The average molecular weight is 325 g/mol. The van der Waals surface area contributed by atoms with E-state index in [2.05, 4.69) is 5.32 Å². The topological polar surface area (TPSA) is 92.7 Å². The predicted octanol–water partition coefficient (Wildman–Crippen LogP) is 0.941. The number of likely N-dealkylation sites (N-methyl/N-ethyl adjacent to an activating group) is 1. The lowest BCUT2D eigenvalue weighted by atomic mass is 10.1. The summed E-state index contributed by atoms with van der Waals surface area (Å²) in [6, 6.07) is 4.94. The van der Waals surface area contributed by atoms with Crippen LogP contribution in [0.25, 0.3) is 0 Å². The highest BCUT2D eigenvalue weighted by molar-refractivity contribution is 7.91. The van der Waals surface area contributed by atoms with Crippen molar-refractivity contribution in [3.8, 4) is 11.5 Å². The van der Waals surface area contributed by atoms with E-state index in [4.69, 9.17) is 4.74 Å². The third-order valence-corrected chi connectivity index (χ3v) is 5.22. The minimum absolute atomic E-state index is 0.0191. The van der Waals surface area contributed by atoms with Crippen LogP contribution in [-0.2, 0) is 14.6 Å². The Balaban J connectivity index is 2.23. The summed E-state index contributed by atoms with van der Waals surface area (Å²) in [5.41, 5.74) is 1.54. The minimum atomic E-state index is -3.23. The van der Waals surface area contributed by atoms with Crippen LogP contribution in [-0.4, -0.2) is 44.6 Å². The summed E-state index contributed by atoms with van der Waals surface area (Å²) >= 11 is 0. The molecule has 6 nitrogen and oxygen atoms in total. The van der Waals surface area contributed by atoms with Crippen LogP contribution in [0.2, 0.25) is 0 Å². The van der Waals surface area contributed by atoms with Gasteiger partial charge in [-0.05, 0) is 31.1 Å². The van der Waals surface area contributed by atoms with Gasteiger partial charge in [-0.3, -0.25) is 4.79 Å². The van der Waals surface area contributed by atoms with Crippen molar-refractivity contribution in [2.45, 2.75) is 13.3 Å². The zero-order valence-corrected chi connectivity index (χ0v) is 13.4. The van der Waals surface area contributed by atoms with Crippen LogP contribution in [0.15, 0.2) is 29.3 Å². The van der Waals surface area contributed by atoms with Crippen molar-refractivity contribution in [1.29, 1.82) is 0 Å². The fourth-order valence-corrected chi connectivity index (χ4v) is 3.76. The van der Waals surface area contributed by atoms with Crippen molar-refractivity contribution in [2.75, 3.05) is 25.2 Å². The molecular formula is C15H19NO5S. The van der Waals surface area contributed by atoms with Crippen molar-refractivity contribution in [2.24, 2.45) is 0 Å². The Hall–Kier alpha value is -2.02. The molecule has 1 aliphatic rings. The first kappa shape index (κ1) is 16.4. The summed E-state index contributed by atoms with van der Waals surface area (Å²) < 4.78 is 29.1. The van der Waals surface area contributed by atoms with E-state index in [1.54, 1.807) is 25.1 Å². The lowest BCUT2D eigenvalue weighted by Crippen LogP contribution is -2.32. The Morgan fingerprint density at radius 1 is 1.41 bits per heavy atom. The molecular weight excluding hydrogens is 306 g/mol. The summed E-state index contributed by atoms with van der Waals surface area (Å²) in [6.07, 6.45) is 0.281. The maximum atomic E-state index is 11.9. The van der Waals surface area contributed by atoms with E-state index in [0.717, 1.165) is 0 Å². The maximum absolute atomic E-state index is 11.9. The lowest BCUT2D eigenvalue weighted by Gasteiger charge is -2.20. The Morgan fingerprint density at radius 3 is 2.82 bits per heavy atom. The summed E-state index contributed by atoms with van der Waals surface area (Å²) in [7, 11) is -1.77. The number of rotatable bonds is 4. The van der Waals surface area contributed by atoms with Gasteiger partial charge in [0.25, 0.3) is 0 Å². The SMILES string of the molecule is CNC(=O)C1=C(COc2cccc(O)c2C)CCS(=O)(=O)C1. The van der Waals surface area contributed by atoms with Crippen LogP contribution >= 0.6 is 0 Å². The highest BCUT2D eigenvalue weighted by Gasteiger charge is 2.27. The number of hydrogen-bond donors (Lipinski definition) is 2. The van der Waals surface area contributed by atoms with E-state index >= 15 is 0 Å². The normalized spacial score (nSPS) is 17.2. The van der Waals surface area contributed by atoms with Crippen molar-refractivity contribution in [3.05, 3.63) is 34.9 Å². The van der Waals surface area contributed by atoms with Gasteiger partial charge in [0.1, 0.15) is 18.1 Å². The number of sulfone groups is 1. The minimum Gasteiger partial charge on any atom is -0.508 e. The number of hydrogen-bond acceptors (Lipinski definition) is 5. The third-order valence-electron chi connectivity index (χ3n) is 3.66. The number of phenols is 1. The van der Waals surface area contributed by atoms with Gasteiger partial charge in [0.05, 0.1) is 11.5 Å². The number of amides is 1. The zero-order valence-electron chi connectivity index (χ0n) is 12.5. The fraction of sp³-hybridized carbons (Fsp3) is 0.400. The third kappa shape index (κ3) is 3.59. The lowest BCUT2D eigenvalue weighted by molar-refractivity contribution is -0.117. The summed E-state index contributed by atoms with van der Waals surface area (Å²) in [5, 5.41) is 12.1. The highest BCUT2D eigenvalue weighted by atomic mass is 32.2. The second-order valence-electron chi connectivity index (χ2n) is 5.19. The quantitative estimate of drug-likeness (QED) is 0.859. The van der Waals surface area contributed by atoms with Gasteiger partial charge in [0.2, 0.25) is 5.91 Å². The molecule has 0 atom stereocenters. The molecule has 0 saturated heterocycles. The molecule has 120 valence electrons. The number of phenolic OH excluding ortho intramolecular Hbond substituents is 1. The fourth-order valence-electron chi connectivity index (χ4n) is 2.28. The molecule has 0 fully saturated rings. The first-order valence-electron chi connectivity index (χ1n) is 6.89. The molecule has 1 aliphatic heterocycles. The van der Waals surface area contributed by atoms with Gasteiger partial charge in [-0.25, -0.2) is 8.42 Å². The molecule has 0 aromatic heterocycles. The van der Waals surface area contributed by atoms with Crippen molar-refractivity contribution >= 4 is 15.7 Å². The van der Waals surface area contributed by atoms with E-state index in [0.29, 0.717) is 16.9 Å². The first-order chi connectivity index (χ1) is 10.3. The zero-order chi connectivity index (χ0) is 16.3. The summed E-state index contributed by atoms with van der Waals surface area (Å²) in [4.78, 5) is 11.9. The molecule has 1 amide bonds. The molecule has 0 bridgehead atoms. The van der Waals surface area contributed by atoms with Crippen LogP contribution in [0, 0.1) is 6.92 Å². The molecule has 1 aromatic rings. The van der Waals surface area contributed by atoms with Crippen LogP contribution in [0.5, 0.6) is 11.5 Å². The van der Waals surface area contributed by atoms with Gasteiger partial charge in [-0.2, -0.15) is 0 Å². The molecule has 0 spiro atoms. The van der Waals surface area contributed by atoms with Crippen molar-refractivity contribution < 1.29 is 23.1 Å². The number of carbonyl (C=O) groups is 1. The van der Waals surface area contributed by atoms with Gasteiger partial charge in [-0.15, -0.1) is 0 Å². The molecule has 2 rings (SSSR count). The molecule has 0 unspecified atom stereocenters. The first-order valence-corrected chi connectivity index (χ1v) is 8.71. The van der Waals surface area contributed by atoms with E-state index in [1.165, 1.54) is 7.05 Å². The second kappa shape index (κ2) is 6.39. The average Bonchev–Trinajstić information content (AvgIpc) is 2.48. The predicted molar refractivity (Wildman–Crippen MR) is 82.7 cm³/mol. The number of benzene rings is 1. The van der Waals surface area contributed by atoms with Gasteiger partial charge in [0, 0.05) is 18.2 Å². The molecule has 22 heavy (non-hydrogen) atoms. The maximum Gasteiger partial charge on any atom is 0.248 e. The molecule has 2 N–H and O–H groups in total. The highest BCUT2D eigenvalue weighted by Crippen LogP contribution is 2.27. The van der Waals surface area contributed by atoms with E-state index in [1.807, 2.05) is 0 Å². The molecule has 1 aromatic carbocycles. The Morgan fingerprint density at radius 2 is 2.14 bits per heavy atom. The van der Waals surface area contributed by atoms with Crippen LogP contribution < -0.4 is 10.1 Å². The number of carbonyl (C=O) groups excluding carboxylic acids is 1. The second-order valence-corrected chi connectivity index (χ2v) is 7.38. The number of nitrogens with one attached hydrogen (secondary N) is 1. The number of ether oxygens (including phenoxy) is 1. The number of aromatic hydroxyl groups is 1. The van der Waals surface area contributed by atoms with Gasteiger partial charge < -0.3 is 15.2 Å². The standard InChI is InChI=1S/C15H19NO5S/c1-10-13(17)4-3-5-14(10)21-8-11-6-7-22(19,20)9-12(11)15(18)16-2/h3-5,17H,6-9H2,1-2H3,(H,16,18). The van der Waals surface area contributed by atoms with E-state index in [9.17, 15) is 18.3 Å². The molecule has 1 heterocycles. The van der Waals surface area contributed by atoms with Crippen LogP contribution in [0.1, 0.15) is 12.0 Å². The van der Waals surface area contributed by atoms with E-state index < -0.39 is 15.7 Å². The van der Waals surface area contributed by atoms with Crippen molar-refractivity contribution in [1.82, 2.24) is 5.32 Å². The van der Waals surface area contributed by atoms with Crippen molar-refractivity contribution in [3.63, 3.8) is 0 Å². The Labute approximate surface area is 129 Å². The van der Waals surface area contributed by atoms with Gasteiger partial charge in [-0.1, -0.05) is 6.07 Å². The Kier molecular flexibility index (Phi) is 4.75. The Bertz CT molecular complexity index is 721. The molecule has 0 saturated carbocycles. The monoisotopic (exact) mass is 325 g/mol. The van der Waals surface area contributed by atoms with E-state index in [-0.39, 0.29) is 35.9 Å². The summed E-state index contributed by atoms with van der Waals surface area (Å²) in [6.45, 7) is 1.85.